The van der Waals surface area contributed by atoms with E-state index in [9.17, 15) is 13.6 Å². The Morgan fingerprint density at radius 3 is 2.50 bits per heavy atom. The normalized spacial score (nSPS) is 10.4. The molecule has 0 aromatic heterocycles. The van der Waals surface area contributed by atoms with E-state index in [1.807, 2.05) is 6.92 Å². The van der Waals surface area contributed by atoms with Crippen LogP contribution in [-0.2, 0) is 0 Å². The molecule has 2 rings (SSSR count). The predicted molar refractivity (Wildman–Crippen MR) is 74.6 cm³/mol. The fourth-order valence-corrected chi connectivity index (χ4v) is 1.84. The van der Waals surface area contributed by atoms with Gasteiger partial charge in [-0.25, -0.2) is 8.78 Å². The summed E-state index contributed by atoms with van der Waals surface area (Å²) < 4.78 is 27.4. The topological polar surface area (TPSA) is 55.1 Å². The molecule has 3 N–H and O–H groups in total. The second-order valence-corrected chi connectivity index (χ2v) is 4.60. The lowest BCUT2D eigenvalue weighted by Crippen LogP contribution is -2.16. The number of anilines is 2. The summed E-state index contributed by atoms with van der Waals surface area (Å²) in [6, 6.07) is 7.25. The van der Waals surface area contributed by atoms with Gasteiger partial charge in [-0.15, -0.1) is 0 Å². The van der Waals surface area contributed by atoms with E-state index < -0.39 is 23.2 Å². The van der Waals surface area contributed by atoms with Gasteiger partial charge in [0, 0.05) is 5.69 Å². The van der Waals surface area contributed by atoms with E-state index in [1.165, 1.54) is 19.1 Å². The summed E-state index contributed by atoms with van der Waals surface area (Å²) in [5.41, 5.74) is 6.85. The van der Waals surface area contributed by atoms with Gasteiger partial charge in [0.05, 0.1) is 5.56 Å². The van der Waals surface area contributed by atoms with Crippen LogP contribution in [0.25, 0.3) is 0 Å². The highest BCUT2D eigenvalue weighted by Crippen LogP contribution is 2.23. The summed E-state index contributed by atoms with van der Waals surface area (Å²) in [6.07, 6.45) is 0. The van der Waals surface area contributed by atoms with Crippen molar-refractivity contribution in [1.82, 2.24) is 0 Å². The first kappa shape index (κ1) is 14.0. The van der Waals surface area contributed by atoms with Crippen molar-refractivity contribution in [2.24, 2.45) is 0 Å². The Morgan fingerprint density at radius 2 is 1.85 bits per heavy atom. The van der Waals surface area contributed by atoms with Crippen LogP contribution in [0.1, 0.15) is 21.5 Å². The van der Waals surface area contributed by atoms with Crippen LogP contribution in [0.5, 0.6) is 0 Å². The number of hydrogen-bond acceptors (Lipinski definition) is 2. The fourth-order valence-electron chi connectivity index (χ4n) is 1.84. The number of rotatable bonds is 2. The average Bonchev–Trinajstić information content (AvgIpc) is 2.39. The minimum Gasteiger partial charge on any atom is -0.398 e. The SMILES string of the molecule is Cc1ccc(C(=O)Nc2c(F)ccc(C)c2F)c(N)c1. The smallest absolute Gasteiger partial charge is 0.257 e. The van der Waals surface area contributed by atoms with Crippen LogP contribution in [0.4, 0.5) is 20.2 Å². The number of nitrogens with two attached hydrogens (primary N) is 1. The van der Waals surface area contributed by atoms with E-state index in [0.29, 0.717) is 0 Å². The Balaban J connectivity index is 2.35. The third kappa shape index (κ3) is 2.61. The standard InChI is InChI=1S/C15H14F2N2O/c1-8-3-5-10(12(18)7-8)15(20)19-14-11(16)6-4-9(2)13(14)17/h3-7H,18H2,1-2H3,(H,19,20). The lowest BCUT2D eigenvalue weighted by Gasteiger charge is -2.11. The molecule has 0 saturated heterocycles. The summed E-state index contributed by atoms with van der Waals surface area (Å²) in [5, 5.41) is 2.23. The van der Waals surface area contributed by atoms with Crippen LogP contribution in [0.3, 0.4) is 0 Å². The molecule has 0 spiro atoms. The summed E-state index contributed by atoms with van der Waals surface area (Å²) in [5.74, 6) is -2.26. The van der Waals surface area contributed by atoms with E-state index in [2.05, 4.69) is 5.32 Å². The highest BCUT2D eigenvalue weighted by molar-refractivity contribution is 6.07. The second-order valence-electron chi connectivity index (χ2n) is 4.60. The van der Waals surface area contributed by atoms with Crippen molar-refractivity contribution in [3.63, 3.8) is 0 Å². The zero-order chi connectivity index (χ0) is 14.9. The maximum atomic E-state index is 13.8. The molecule has 3 nitrogen and oxygen atoms in total. The molecule has 1 amide bonds. The Labute approximate surface area is 115 Å². The van der Waals surface area contributed by atoms with Crippen molar-refractivity contribution < 1.29 is 13.6 Å². The van der Waals surface area contributed by atoms with E-state index >= 15 is 0 Å². The number of hydrogen-bond donors (Lipinski definition) is 2. The maximum Gasteiger partial charge on any atom is 0.257 e. The lowest BCUT2D eigenvalue weighted by atomic mass is 10.1. The largest absolute Gasteiger partial charge is 0.398 e. The molecule has 104 valence electrons. The third-order valence-corrected chi connectivity index (χ3v) is 2.97. The van der Waals surface area contributed by atoms with Crippen molar-refractivity contribution >= 4 is 17.3 Å². The molecule has 0 heterocycles. The number of nitrogen functional groups attached to an aromatic ring is 1. The first-order chi connectivity index (χ1) is 9.40. The minimum atomic E-state index is -0.827. The first-order valence-electron chi connectivity index (χ1n) is 6.02. The highest BCUT2D eigenvalue weighted by atomic mass is 19.1. The molecule has 0 aliphatic carbocycles. The minimum absolute atomic E-state index is 0.177. The molecule has 2 aromatic rings. The van der Waals surface area contributed by atoms with Gasteiger partial charge in [-0.3, -0.25) is 4.79 Å². The van der Waals surface area contributed by atoms with Crippen molar-refractivity contribution in [3.05, 3.63) is 58.7 Å². The number of nitrogens with one attached hydrogen (secondary N) is 1. The molecule has 0 radical (unpaired) electrons. The summed E-state index contributed by atoms with van der Waals surface area (Å²) >= 11 is 0. The zero-order valence-electron chi connectivity index (χ0n) is 11.1. The maximum absolute atomic E-state index is 13.8. The van der Waals surface area contributed by atoms with Crippen LogP contribution in [0, 0.1) is 25.5 Å². The van der Waals surface area contributed by atoms with Crippen LogP contribution >= 0.6 is 0 Å². The van der Waals surface area contributed by atoms with Gasteiger partial charge >= 0.3 is 0 Å². The van der Waals surface area contributed by atoms with Gasteiger partial charge in [0.2, 0.25) is 0 Å². The lowest BCUT2D eigenvalue weighted by molar-refractivity contribution is 0.102. The van der Waals surface area contributed by atoms with Gasteiger partial charge < -0.3 is 11.1 Å². The number of amides is 1. The van der Waals surface area contributed by atoms with E-state index in [-0.39, 0.29) is 16.8 Å². The number of benzene rings is 2. The Hall–Kier alpha value is -2.43. The molecule has 0 fully saturated rings. The molecule has 2 aromatic carbocycles. The van der Waals surface area contributed by atoms with Crippen LogP contribution in [-0.4, -0.2) is 5.91 Å². The van der Waals surface area contributed by atoms with Gasteiger partial charge in [-0.1, -0.05) is 12.1 Å². The van der Waals surface area contributed by atoms with Gasteiger partial charge in [0.15, 0.2) is 5.82 Å². The van der Waals surface area contributed by atoms with Crippen LogP contribution in [0.15, 0.2) is 30.3 Å². The quantitative estimate of drug-likeness (QED) is 0.826. The molecule has 20 heavy (non-hydrogen) atoms. The predicted octanol–water partition coefficient (Wildman–Crippen LogP) is 3.42. The molecule has 0 atom stereocenters. The van der Waals surface area contributed by atoms with Gasteiger partial charge in [-0.05, 0) is 43.2 Å². The summed E-state index contributed by atoms with van der Waals surface area (Å²) in [4.78, 5) is 12.0. The molecule has 0 aliphatic heterocycles. The van der Waals surface area contributed by atoms with Crippen molar-refractivity contribution in [2.45, 2.75) is 13.8 Å². The second kappa shape index (κ2) is 5.28. The molecule has 0 bridgehead atoms. The van der Waals surface area contributed by atoms with Crippen LogP contribution in [0.2, 0.25) is 0 Å². The molecular weight excluding hydrogens is 262 g/mol. The molecular formula is C15H14F2N2O. The van der Waals surface area contributed by atoms with Gasteiger partial charge in [0.25, 0.3) is 5.91 Å². The fraction of sp³-hybridized carbons (Fsp3) is 0.133. The van der Waals surface area contributed by atoms with Crippen molar-refractivity contribution in [2.75, 3.05) is 11.1 Å². The molecule has 0 saturated carbocycles. The molecule has 0 unspecified atom stereocenters. The number of carbonyl (C=O) groups is 1. The number of aryl methyl sites for hydroxylation is 2. The van der Waals surface area contributed by atoms with Crippen molar-refractivity contribution in [3.8, 4) is 0 Å². The van der Waals surface area contributed by atoms with E-state index in [1.54, 1.807) is 12.1 Å². The third-order valence-electron chi connectivity index (χ3n) is 2.97. The van der Waals surface area contributed by atoms with Crippen molar-refractivity contribution in [1.29, 1.82) is 0 Å². The van der Waals surface area contributed by atoms with Gasteiger partial charge in [0.1, 0.15) is 11.5 Å². The average molecular weight is 276 g/mol. The van der Waals surface area contributed by atoms with E-state index in [4.69, 9.17) is 5.73 Å². The Bertz CT molecular complexity index is 684. The Kier molecular flexibility index (Phi) is 3.70. The zero-order valence-corrected chi connectivity index (χ0v) is 11.1. The Morgan fingerprint density at radius 1 is 1.15 bits per heavy atom. The summed E-state index contributed by atoms with van der Waals surface area (Å²) in [6.45, 7) is 3.32. The molecule has 5 heteroatoms. The van der Waals surface area contributed by atoms with Crippen LogP contribution < -0.4 is 11.1 Å². The highest BCUT2D eigenvalue weighted by Gasteiger charge is 2.16. The molecule has 0 aliphatic rings. The van der Waals surface area contributed by atoms with E-state index in [0.717, 1.165) is 11.6 Å². The van der Waals surface area contributed by atoms with Gasteiger partial charge in [-0.2, -0.15) is 0 Å². The number of carbonyl (C=O) groups excluding carboxylic acids is 1. The monoisotopic (exact) mass is 276 g/mol. The first-order valence-corrected chi connectivity index (χ1v) is 6.02. The number of halogens is 2. The summed E-state index contributed by atoms with van der Waals surface area (Å²) in [7, 11) is 0.